The van der Waals surface area contributed by atoms with Gasteiger partial charge in [-0.15, -0.1) is 0 Å². The van der Waals surface area contributed by atoms with Gasteiger partial charge in [-0.2, -0.15) is 0 Å². The fourth-order valence-corrected chi connectivity index (χ4v) is 2.59. The Morgan fingerprint density at radius 2 is 1.91 bits per heavy atom. The first-order chi connectivity index (χ1) is 10.6. The molecular weight excluding hydrogens is 278 g/mol. The van der Waals surface area contributed by atoms with E-state index in [0.29, 0.717) is 5.69 Å². The molecule has 1 aromatic carbocycles. The SMILES string of the molecule is CC(C)c1cc(C(=O)Nc2ccc(N3CCCC3)cc2)no1. The highest BCUT2D eigenvalue weighted by atomic mass is 16.5. The van der Waals surface area contributed by atoms with Crippen LogP contribution < -0.4 is 10.2 Å². The van der Waals surface area contributed by atoms with Crippen molar-refractivity contribution < 1.29 is 9.32 Å². The number of anilines is 2. The molecule has 1 fully saturated rings. The molecule has 5 nitrogen and oxygen atoms in total. The standard InChI is InChI=1S/C17H21N3O2/c1-12(2)16-11-15(19-22-16)17(21)18-13-5-7-14(8-6-13)20-9-3-4-10-20/h5-8,11-12H,3-4,9-10H2,1-2H3,(H,18,21). The second-order valence-electron chi connectivity index (χ2n) is 5.96. The van der Waals surface area contributed by atoms with Crippen LogP contribution in [0.1, 0.15) is 48.9 Å². The zero-order valence-electron chi connectivity index (χ0n) is 13.0. The molecule has 22 heavy (non-hydrogen) atoms. The molecule has 0 radical (unpaired) electrons. The maximum Gasteiger partial charge on any atom is 0.277 e. The topological polar surface area (TPSA) is 58.4 Å². The van der Waals surface area contributed by atoms with Crippen molar-refractivity contribution in [2.24, 2.45) is 0 Å². The maximum atomic E-state index is 12.1. The molecule has 0 saturated carbocycles. The van der Waals surface area contributed by atoms with E-state index in [4.69, 9.17) is 4.52 Å². The Bertz CT molecular complexity index is 640. The van der Waals surface area contributed by atoms with Gasteiger partial charge in [-0.25, -0.2) is 0 Å². The highest BCUT2D eigenvalue weighted by molar-refractivity contribution is 6.02. The van der Waals surface area contributed by atoms with Gasteiger partial charge in [0.15, 0.2) is 5.69 Å². The normalized spacial score (nSPS) is 14.6. The largest absolute Gasteiger partial charge is 0.372 e. The number of amides is 1. The number of nitrogens with zero attached hydrogens (tertiary/aromatic N) is 2. The van der Waals surface area contributed by atoms with E-state index in [0.717, 1.165) is 24.5 Å². The Morgan fingerprint density at radius 1 is 1.23 bits per heavy atom. The molecular formula is C17H21N3O2. The highest BCUT2D eigenvalue weighted by Crippen LogP contribution is 2.22. The smallest absolute Gasteiger partial charge is 0.277 e. The van der Waals surface area contributed by atoms with Crippen LogP contribution in [0, 0.1) is 0 Å². The van der Waals surface area contributed by atoms with Gasteiger partial charge in [0.25, 0.3) is 5.91 Å². The molecule has 1 aromatic heterocycles. The van der Waals surface area contributed by atoms with Crippen molar-refractivity contribution in [2.75, 3.05) is 23.3 Å². The molecule has 2 aromatic rings. The predicted octanol–water partition coefficient (Wildman–Crippen LogP) is 3.65. The molecule has 0 unspecified atom stereocenters. The number of rotatable bonds is 4. The summed E-state index contributed by atoms with van der Waals surface area (Å²) in [6.45, 7) is 6.23. The average Bonchev–Trinajstić information content (AvgIpc) is 3.20. The summed E-state index contributed by atoms with van der Waals surface area (Å²) in [5.74, 6) is 0.688. The summed E-state index contributed by atoms with van der Waals surface area (Å²) in [6.07, 6.45) is 2.51. The first-order valence-corrected chi connectivity index (χ1v) is 7.76. The average molecular weight is 299 g/mol. The number of nitrogens with one attached hydrogen (secondary N) is 1. The van der Waals surface area contributed by atoms with Crippen molar-refractivity contribution in [3.63, 3.8) is 0 Å². The van der Waals surface area contributed by atoms with Crippen LogP contribution in [0.2, 0.25) is 0 Å². The number of hydrogen-bond donors (Lipinski definition) is 1. The first kappa shape index (κ1) is 14.6. The lowest BCUT2D eigenvalue weighted by atomic mass is 10.1. The number of carbonyl (C=O) groups excluding carboxylic acids is 1. The molecule has 0 atom stereocenters. The third-order valence-electron chi connectivity index (χ3n) is 3.93. The molecule has 1 aliphatic heterocycles. The van der Waals surface area contributed by atoms with E-state index in [-0.39, 0.29) is 11.8 Å². The van der Waals surface area contributed by atoms with E-state index in [1.54, 1.807) is 6.07 Å². The molecule has 1 N–H and O–H groups in total. The Balaban J connectivity index is 1.65. The third-order valence-corrected chi connectivity index (χ3v) is 3.93. The van der Waals surface area contributed by atoms with Crippen LogP contribution in [0.5, 0.6) is 0 Å². The van der Waals surface area contributed by atoms with Gasteiger partial charge in [0.05, 0.1) is 0 Å². The van der Waals surface area contributed by atoms with Crippen LogP contribution in [0.25, 0.3) is 0 Å². The monoisotopic (exact) mass is 299 g/mol. The van der Waals surface area contributed by atoms with Crippen LogP contribution in [0.3, 0.4) is 0 Å². The molecule has 5 heteroatoms. The summed E-state index contributed by atoms with van der Waals surface area (Å²) in [7, 11) is 0. The summed E-state index contributed by atoms with van der Waals surface area (Å²) >= 11 is 0. The van der Waals surface area contributed by atoms with E-state index in [9.17, 15) is 4.79 Å². The fraction of sp³-hybridized carbons (Fsp3) is 0.412. The minimum atomic E-state index is -0.246. The van der Waals surface area contributed by atoms with Crippen molar-refractivity contribution in [2.45, 2.75) is 32.6 Å². The minimum Gasteiger partial charge on any atom is -0.372 e. The summed E-state index contributed by atoms with van der Waals surface area (Å²) < 4.78 is 5.15. The van der Waals surface area contributed by atoms with Gasteiger partial charge < -0.3 is 14.7 Å². The summed E-state index contributed by atoms with van der Waals surface area (Å²) in [5, 5.41) is 6.67. The second kappa shape index (κ2) is 6.22. The van der Waals surface area contributed by atoms with Crippen molar-refractivity contribution in [3.8, 4) is 0 Å². The van der Waals surface area contributed by atoms with Crippen LogP contribution in [-0.2, 0) is 0 Å². The van der Waals surface area contributed by atoms with Crippen LogP contribution in [0.15, 0.2) is 34.9 Å². The molecule has 1 amide bonds. The molecule has 1 aliphatic rings. The maximum absolute atomic E-state index is 12.1. The lowest BCUT2D eigenvalue weighted by Gasteiger charge is -2.17. The Kier molecular flexibility index (Phi) is 4.13. The van der Waals surface area contributed by atoms with Crippen molar-refractivity contribution >= 4 is 17.3 Å². The number of benzene rings is 1. The van der Waals surface area contributed by atoms with Crippen LogP contribution in [0.4, 0.5) is 11.4 Å². The molecule has 116 valence electrons. The molecule has 3 rings (SSSR count). The van der Waals surface area contributed by atoms with Gasteiger partial charge in [-0.05, 0) is 37.1 Å². The Hall–Kier alpha value is -2.30. The summed E-state index contributed by atoms with van der Waals surface area (Å²) in [6, 6.07) is 9.63. The van der Waals surface area contributed by atoms with Gasteiger partial charge in [0, 0.05) is 36.4 Å². The second-order valence-corrected chi connectivity index (χ2v) is 5.96. The number of hydrogen-bond acceptors (Lipinski definition) is 4. The van der Waals surface area contributed by atoms with Crippen LogP contribution >= 0.6 is 0 Å². The van der Waals surface area contributed by atoms with Gasteiger partial charge in [-0.3, -0.25) is 4.79 Å². The van der Waals surface area contributed by atoms with Crippen molar-refractivity contribution in [1.82, 2.24) is 5.16 Å². The van der Waals surface area contributed by atoms with Gasteiger partial charge in [0.2, 0.25) is 0 Å². The van der Waals surface area contributed by atoms with Gasteiger partial charge >= 0.3 is 0 Å². The summed E-state index contributed by atoms with van der Waals surface area (Å²) in [4.78, 5) is 14.5. The van der Waals surface area contributed by atoms with Gasteiger partial charge in [-0.1, -0.05) is 19.0 Å². The number of carbonyl (C=O) groups is 1. The lowest BCUT2D eigenvalue weighted by molar-refractivity contribution is 0.101. The van der Waals surface area contributed by atoms with Gasteiger partial charge in [0.1, 0.15) is 5.76 Å². The quantitative estimate of drug-likeness (QED) is 0.936. The Labute approximate surface area is 130 Å². The minimum absolute atomic E-state index is 0.216. The zero-order valence-corrected chi connectivity index (χ0v) is 13.0. The predicted molar refractivity (Wildman–Crippen MR) is 86.4 cm³/mol. The summed E-state index contributed by atoms with van der Waals surface area (Å²) in [5.41, 5.74) is 2.29. The van der Waals surface area contributed by atoms with Crippen LogP contribution in [-0.4, -0.2) is 24.2 Å². The Morgan fingerprint density at radius 3 is 2.50 bits per heavy atom. The van der Waals surface area contributed by atoms with E-state index in [1.165, 1.54) is 18.5 Å². The zero-order chi connectivity index (χ0) is 15.5. The third kappa shape index (κ3) is 3.13. The van der Waals surface area contributed by atoms with Crippen molar-refractivity contribution in [3.05, 3.63) is 41.8 Å². The van der Waals surface area contributed by atoms with E-state index in [1.807, 2.05) is 38.1 Å². The lowest BCUT2D eigenvalue weighted by Crippen LogP contribution is -2.17. The fourth-order valence-electron chi connectivity index (χ4n) is 2.59. The number of aromatic nitrogens is 1. The molecule has 0 aliphatic carbocycles. The van der Waals surface area contributed by atoms with Crippen molar-refractivity contribution in [1.29, 1.82) is 0 Å². The van der Waals surface area contributed by atoms with E-state index >= 15 is 0 Å². The molecule has 1 saturated heterocycles. The molecule has 0 spiro atoms. The van der Waals surface area contributed by atoms with E-state index in [2.05, 4.69) is 15.4 Å². The molecule has 0 bridgehead atoms. The molecule has 2 heterocycles. The van der Waals surface area contributed by atoms with E-state index < -0.39 is 0 Å². The first-order valence-electron chi connectivity index (χ1n) is 7.76. The highest BCUT2D eigenvalue weighted by Gasteiger charge is 2.15.